The Hall–Kier alpha value is -1.87. The Bertz CT molecular complexity index is 577. The van der Waals surface area contributed by atoms with Gasteiger partial charge in [0.15, 0.2) is 6.10 Å². The number of fused-ring (bicyclic) bond motifs is 1. The molecule has 3 nitrogen and oxygen atoms in total. The molecule has 0 bridgehead atoms. The van der Waals surface area contributed by atoms with Crippen molar-refractivity contribution in [3.05, 3.63) is 48.0 Å². The van der Waals surface area contributed by atoms with Gasteiger partial charge in [0.25, 0.3) is 0 Å². The lowest BCUT2D eigenvalue weighted by molar-refractivity contribution is 0.0390. The third-order valence-electron chi connectivity index (χ3n) is 3.02. The standard InChI is InChI=1S/C14H13NO2/c16-9-13-8-14(15-17-13)12-6-5-10-3-1-2-4-11(10)7-12/h1-7,13,16H,8-9H2. The fourth-order valence-electron chi connectivity index (χ4n) is 2.07. The van der Waals surface area contributed by atoms with Crippen LogP contribution in [-0.2, 0) is 4.84 Å². The Morgan fingerprint density at radius 3 is 2.76 bits per heavy atom. The van der Waals surface area contributed by atoms with Gasteiger partial charge in [-0.2, -0.15) is 0 Å². The highest BCUT2D eigenvalue weighted by atomic mass is 16.6. The van der Waals surface area contributed by atoms with Crippen molar-refractivity contribution in [2.45, 2.75) is 12.5 Å². The molecule has 3 heteroatoms. The molecule has 1 N–H and O–H groups in total. The lowest BCUT2D eigenvalue weighted by atomic mass is 10.0. The topological polar surface area (TPSA) is 41.8 Å². The zero-order valence-electron chi connectivity index (χ0n) is 9.34. The van der Waals surface area contributed by atoms with Gasteiger partial charge >= 0.3 is 0 Å². The predicted octanol–water partition coefficient (Wildman–Crippen LogP) is 2.33. The maximum atomic E-state index is 9.00. The van der Waals surface area contributed by atoms with Gasteiger partial charge in [-0.3, -0.25) is 0 Å². The molecule has 0 amide bonds. The van der Waals surface area contributed by atoms with Crippen LogP contribution in [-0.4, -0.2) is 23.5 Å². The highest BCUT2D eigenvalue weighted by molar-refractivity contribution is 6.04. The Morgan fingerprint density at radius 2 is 2.00 bits per heavy atom. The van der Waals surface area contributed by atoms with Crippen LogP contribution in [0.1, 0.15) is 12.0 Å². The predicted molar refractivity (Wildman–Crippen MR) is 67.1 cm³/mol. The number of benzene rings is 2. The zero-order chi connectivity index (χ0) is 11.7. The summed E-state index contributed by atoms with van der Waals surface area (Å²) in [5, 5.41) is 15.4. The Labute approximate surface area is 99.3 Å². The molecule has 1 aliphatic heterocycles. The quantitative estimate of drug-likeness (QED) is 0.855. The number of aliphatic hydroxyl groups is 1. The Morgan fingerprint density at radius 1 is 1.18 bits per heavy atom. The van der Waals surface area contributed by atoms with Crippen LogP contribution in [0.5, 0.6) is 0 Å². The molecule has 0 radical (unpaired) electrons. The fraction of sp³-hybridized carbons (Fsp3) is 0.214. The van der Waals surface area contributed by atoms with Crippen LogP contribution in [0.2, 0.25) is 0 Å². The van der Waals surface area contributed by atoms with Crippen molar-refractivity contribution >= 4 is 16.5 Å². The Kier molecular flexibility index (Phi) is 2.53. The molecule has 0 saturated carbocycles. The molecule has 1 atom stereocenters. The second-order valence-electron chi connectivity index (χ2n) is 4.21. The summed E-state index contributed by atoms with van der Waals surface area (Å²) in [5.74, 6) is 0. The van der Waals surface area contributed by atoms with Crippen LogP contribution in [0.25, 0.3) is 10.8 Å². The summed E-state index contributed by atoms with van der Waals surface area (Å²) in [5.41, 5.74) is 1.98. The molecule has 0 aliphatic carbocycles. The van der Waals surface area contributed by atoms with Crippen LogP contribution < -0.4 is 0 Å². The monoisotopic (exact) mass is 227 g/mol. The number of oxime groups is 1. The normalized spacial score (nSPS) is 19.1. The second kappa shape index (κ2) is 4.18. The van der Waals surface area contributed by atoms with Crippen molar-refractivity contribution in [3.63, 3.8) is 0 Å². The van der Waals surface area contributed by atoms with E-state index >= 15 is 0 Å². The van der Waals surface area contributed by atoms with Gasteiger partial charge in [-0.1, -0.05) is 41.6 Å². The minimum atomic E-state index is -0.184. The molecule has 0 fully saturated rings. The molecule has 1 unspecified atom stereocenters. The molecule has 2 aromatic rings. The molecule has 1 heterocycles. The number of hydrogen-bond acceptors (Lipinski definition) is 3. The first kappa shape index (κ1) is 10.3. The van der Waals surface area contributed by atoms with E-state index in [-0.39, 0.29) is 12.7 Å². The van der Waals surface area contributed by atoms with Crippen molar-refractivity contribution < 1.29 is 9.94 Å². The lowest BCUT2D eigenvalue weighted by Gasteiger charge is -2.03. The summed E-state index contributed by atoms with van der Waals surface area (Å²) < 4.78 is 0. The first-order valence-electron chi connectivity index (χ1n) is 5.69. The van der Waals surface area contributed by atoms with Gasteiger partial charge in [0.05, 0.1) is 12.3 Å². The minimum absolute atomic E-state index is 0.0145. The molecule has 0 spiro atoms. The average Bonchev–Trinajstić information content (AvgIpc) is 2.87. The van der Waals surface area contributed by atoms with E-state index in [4.69, 9.17) is 9.94 Å². The number of aliphatic hydroxyl groups excluding tert-OH is 1. The van der Waals surface area contributed by atoms with Gasteiger partial charge in [0.1, 0.15) is 0 Å². The lowest BCUT2D eigenvalue weighted by Crippen LogP contribution is -2.12. The number of nitrogens with zero attached hydrogens (tertiary/aromatic N) is 1. The van der Waals surface area contributed by atoms with E-state index in [0.29, 0.717) is 6.42 Å². The van der Waals surface area contributed by atoms with Gasteiger partial charge in [0, 0.05) is 12.0 Å². The maximum Gasteiger partial charge on any atom is 0.156 e. The van der Waals surface area contributed by atoms with E-state index in [1.165, 1.54) is 10.8 Å². The number of rotatable bonds is 2. The van der Waals surface area contributed by atoms with E-state index in [2.05, 4.69) is 29.4 Å². The van der Waals surface area contributed by atoms with Gasteiger partial charge in [-0.15, -0.1) is 0 Å². The minimum Gasteiger partial charge on any atom is -0.392 e. The average molecular weight is 227 g/mol. The van der Waals surface area contributed by atoms with E-state index in [0.717, 1.165) is 11.3 Å². The van der Waals surface area contributed by atoms with E-state index in [9.17, 15) is 0 Å². The third-order valence-corrected chi connectivity index (χ3v) is 3.02. The van der Waals surface area contributed by atoms with Crippen LogP contribution in [0.4, 0.5) is 0 Å². The van der Waals surface area contributed by atoms with Crippen molar-refractivity contribution in [1.29, 1.82) is 0 Å². The summed E-state index contributed by atoms with van der Waals surface area (Å²) in [7, 11) is 0. The molecule has 86 valence electrons. The van der Waals surface area contributed by atoms with E-state index in [1.807, 2.05) is 18.2 Å². The highest BCUT2D eigenvalue weighted by Crippen LogP contribution is 2.20. The molecule has 0 aromatic heterocycles. The van der Waals surface area contributed by atoms with Gasteiger partial charge in [-0.25, -0.2) is 0 Å². The van der Waals surface area contributed by atoms with Crippen molar-refractivity contribution in [2.75, 3.05) is 6.61 Å². The number of hydrogen-bond donors (Lipinski definition) is 1. The first-order chi connectivity index (χ1) is 8.36. The van der Waals surface area contributed by atoms with E-state index < -0.39 is 0 Å². The SMILES string of the molecule is OCC1CC(c2ccc3ccccc3c2)=NO1. The van der Waals surface area contributed by atoms with Crippen molar-refractivity contribution in [3.8, 4) is 0 Å². The van der Waals surface area contributed by atoms with Gasteiger partial charge in [-0.05, 0) is 16.8 Å². The Balaban J connectivity index is 1.96. The molecule has 17 heavy (non-hydrogen) atoms. The van der Waals surface area contributed by atoms with Gasteiger partial charge in [0.2, 0.25) is 0 Å². The zero-order valence-corrected chi connectivity index (χ0v) is 9.34. The second-order valence-corrected chi connectivity index (χ2v) is 4.21. The summed E-state index contributed by atoms with van der Waals surface area (Å²) in [6, 6.07) is 14.5. The van der Waals surface area contributed by atoms with Crippen LogP contribution >= 0.6 is 0 Å². The molecule has 0 saturated heterocycles. The van der Waals surface area contributed by atoms with Crippen molar-refractivity contribution in [1.82, 2.24) is 0 Å². The van der Waals surface area contributed by atoms with Crippen molar-refractivity contribution in [2.24, 2.45) is 5.16 Å². The molecule has 3 rings (SSSR count). The summed E-state index contributed by atoms with van der Waals surface area (Å²) in [4.78, 5) is 5.12. The smallest absolute Gasteiger partial charge is 0.156 e. The van der Waals surface area contributed by atoms with Gasteiger partial charge < -0.3 is 9.94 Å². The molecule has 1 aliphatic rings. The van der Waals surface area contributed by atoms with Crippen LogP contribution in [0.3, 0.4) is 0 Å². The maximum absolute atomic E-state index is 9.00. The molecular formula is C14H13NO2. The fourth-order valence-corrected chi connectivity index (χ4v) is 2.07. The first-order valence-corrected chi connectivity index (χ1v) is 5.69. The summed E-state index contributed by atoms with van der Waals surface area (Å²) in [6.07, 6.45) is 0.492. The highest BCUT2D eigenvalue weighted by Gasteiger charge is 2.21. The van der Waals surface area contributed by atoms with E-state index in [1.54, 1.807) is 0 Å². The molecular weight excluding hydrogens is 214 g/mol. The largest absolute Gasteiger partial charge is 0.392 e. The van der Waals surface area contributed by atoms with Crippen LogP contribution in [0.15, 0.2) is 47.6 Å². The summed E-state index contributed by atoms with van der Waals surface area (Å²) >= 11 is 0. The summed E-state index contributed by atoms with van der Waals surface area (Å²) in [6.45, 7) is 0.0145. The third kappa shape index (κ3) is 1.89. The molecule has 2 aromatic carbocycles. The van der Waals surface area contributed by atoms with Crippen LogP contribution in [0, 0.1) is 0 Å².